The molecular weight excluding hydrogens is 324 g/mol. The molecule has 2 rings (SSSR count). The lowest BCUT2D eigenvalue weighted by molar-refractivity contribution is 0.0266. The van der Waals surface area contributed by atoms with Crippen LogP contribution in [0.3, 0.4) is 0 Å². The Bertz CT molecular complexity index is 407. The van der Waals surface area contributed by atoms with Crippen LogP contribution >= 0.6 is 0 Å². The van der Waals surface area contributed by atoms with E-state index >= 15 is 0 Å². The first-order valence-corrected chi connectivity index (χ1v) is 11.0. The number of likely N-dealkylation sites (tertiary alicyclic amines) is 2. The molecule has 0 aromatic carbocycles. The molecule has 2 atom stereocenters. The first-order chi connectivity index (χ1) is 12.6. The lowest BCUT2D eigenvalue weighted by atomic mass is 10.0. The summed E-state index contributed by atoms with van der Waals surface area (Å²) in [5.41, 5.74) is 0. The summed E-state index contributed by atoms with van der Waals surface area (Å²) >= 11 is 0. The van der Waals surface area contributed by atoms with Crippen molar-refractivity contribution in [1.29, 1.82) is 0 Å². The van der Waals surface area contributed by atoms with Crippen molar-refractivity contribution < 1.29 is 4.74 Å². The number of hydrogen-bond donors (Lipinski definition) is 1. The minimum Gasteiger partial charge on any atom is -0.378 e. The van der Waals surface area contributed by atoms with Crippen molar-refractivity contribution in [3.05, 3.63) is 0 Å². The fraction of sp³-hybridized carbons (Fsp3) is 0.952. The van der Waals surface area contributed by atoms with Crippen LogP contribution in [0.15, 0.2) is 4.99 Å². The van der Waals surface area contributed by atoms with Crippen LogP contribution in [0.1, 0.15) is 59.8 Å². The van der Waals surface area contributed by atoms with Gasteiger partial charge in [0.1, 0.15) is 0 Å². The molecule has 2 heterocycles. The number of nitrogens with one attached hydrogen (secondary N) is 1. The van der Waals surface area contributed by atoms with Crippen molar-refractivity contribution in [2.24, 2.45) is 16.8 Å². The number of hydrogen-bond acceptors (Lipinski definition) is 3. The fourth-order valence-electron chi connectivity index (χ4n) is 4.23. The molecule has 1 N–H and O–H groups in total. The second-order valence-electron chi connectivity index (χ2n) is 8.22. The molecule has 0 radical (unpaired) electrons. The number of nitrogens with zero attached hydrogens (tertiary/aromatic N) is 3. The van der Waals surface area contributed by atoms with E-state index in [0.29, 0.717) is 12.0 Å². The highest BCUT2D eigenvalue weighted by Crippen LogP contribution is 2.20. The third kappa shape index (κ3) is 7.07. The van der Waals surface area contributed by atoms with Crippen LogP contribution in [0.5, 0.6) is 0 Å². The van der Waals surface area contributed by atoms with E-state index in [0.717, 1.165) is 51.1 Å². The fourth-order valence-corrected chi connectivity index (χ4v) is 4.23. The highest BCUT2D eigenvalue weighted by molar-refractivity contribution is 5.80. The molecule has 2 unspecified atom stereocenters. The highest BCUT2D eigenvalue weighted by Gasteiger charge is 2.27. The van der Waals surface area contributed by atoms with Gasteiger partial charge in [-0.3, -0.25) is 4.99 Å². The van der Waals surface area contributed by atoms with E-state index in [4.69, 9.17) is 9.73 Å². The monoisotopic (exact) mass is 366 g/mol. The van der Waals surface area contributed by atoms with Gasteiger partial charge in [0.15, 0.2) is 5.96 Å². The molecule has 2 saturated heterocycles. The Balaban J connectivity index is 1.82. The molecule has 0 spiro atoms. The quantitative estimate of drug-likeness (QED) is 0.502. The zero-order valence-electron chi connectivity index (χ0n) is 17.7. The van der Waals surface area contributed by atoms with E-state index in [1.54, 1.807) is 0 Å². The average Bonchev–Trinajstić information content (AvgIpc) is 3.09. The molecule has 0 amide bonds. The van der Waals surface area contributed by atoms with Gasteiger partial charge < -0.3 is 19.9 Å². The third-order valence-corrected chi connectivity index (χ3v) is 5.68. The largest absolute Gasteiger partial charge is 0.378 e. The molecule has 0 aliphatic carbocycles. The van der Waals surface area contributed by atoms with Gasteiger partial charge >= 0.3 is 0 Å². The maximum Gasteiger partial charge on any atom is 0.193 e. The highest BCUT2D eigenvalue weighted by atomic mass is 16.5. The molecule has 0 bridgehead atoms. The van der Waals surface area contributed by atoms with Crippen LogP contribution in [0.25, 0.3) is 0 Å². The van der Waals surface area contributed by atoms with Crippen molar-refractivity contribution >= 4 is 5.96 Å². The SMILES string of the molecule is CCNC(=NCCC(OCC)C(C)C)N1CCC(CN2CCCCC2)C1. The summed E-state index contributed by atoms with van der Waals surface area (Å²) in [6.45, 7) is 17.5. The third-order valence-electron chi connectivity index (χ3n) is 5.68. The van der Waals surface area contributed by atoms with E-state index in [2.05, 4.69) is 42.8 Å². The number of rotatable bonds is 9. The topological polar surface area (TPSA) is 40.1 Å². The maximum absolute atomic E-state index is 5.86. The standard InChI is InChI=1S/C21H42N4O/c1-5-22-21(23-12-10-20(18(3)4)26-6-2)25-15-11-19(17-25)16-24-13-8-7-9-14-24/h18-20H,5-17H2,1-4H3,(H,22,23). The van der Waals surface area contributed by atoms with Gasteiger partial charge in [0.05, 0.1) is 6.10 Å². The minimum atomic E-state index is 0.317. The molecule has 26 heavy (non-hydrogen) atoms. The molecule has 2 fully saturated rings. The van der Waals surface area contributed by atoms with E-state index in [9.17, 15) is 0 Å². The molecule has 152 valence electrons. The van der Waals surface area contributed by atoms with Gasteiger partial charge in [-0.2, -0.15) is 0 Å². The number of piperidine rings is 1. The van der Waals surface area contributed by atoms with Gasteiger partial charge in [0, 0.05) is 39.3 Å². The predicted octanol–water partition coefficient (Wildman–Crippen LogP) is 3.21. The van der Waals surface area contributed by atoms with Gasteiger partial charge in [-0.25, -0.2) is 0 Å². The van der Waals surface area contributed by atoms with Crippen LogP contribution < -0.4 is 5.32 Å². The molecular formula is C21H42N4O. The Hall–Kier alpha value is -0.810. The Morgan fingerprint density at radius 2 is 1.92 bits per heavy atom. The van der Waals surface area contributed by atoms with Gasteiger partial charge in [0.2, 0.25) is 0 Å². The van der Waals surface area contributed by atoms with Crippen molar-refractivity contribution in [2.45, 2.75) is 65.9 Å². The van der Waals surface area contributed by atoms with E-state index in [-0.39, 0.29) is 0 Å². The van der Waals surface area contributed by atoms with E-state index in [1.165, 1.54) is 45.3 Å². The smallest absolute Gasteiger partial charge is 0.193 e. The zero-order chi connectivity index (χ0) is 18.8. The summed E-state index contributed by atoms with van der Waals surface area (Å²) in [6, 6.07) is 0. The summed E-state index contributed by atoms with van der Waals surface area (Å²) in [5.74, 6) is 2.45. The Morgan fingerprint density at radius 3 is 2.58 bits per heavy atom. The van der Waals surface area contributed by atoms with Gasteiger partial charge in [-0.15, -0.1) is 0 Å². The van der Waals surface area contributed by atoms with Crippen molar-refractivity contribution in [3.63, 3.8) is 0 Å². The van der Waals surface area contributed by atoms with Crippen LogP contribution in [0.4, 0.5) is 0 Å². The van der Waals surface area contributed by atoms with Crippen molar-refractivity contribution in [3.8, 4) is 0 Å². The lowest BCUT2D eigenvalue weighted by Crippen LogP contribution is -2.41. The molecule has 5 nitrogen and oxygen atoms in total. The second-order valence-corrected chi connectivity index (χ2v) is 8.22. The number of guanidine groups is 1. The first kappa shape index (κ1) is 21.5. The molecule has 0 aromatic rings. The Morgan fingerprint density at radius 1 is 1.15 bits per heavy atom. The number of aliphatic imine (C=N–C) groups is 1. The van der Waals surface area contributed by atoms with E-state index < -0.39 is 0 Å². The van der Waals surface area contributed by atoms with Crippen molar-refractivity contribution in [1.82, 2.24) is 15.1 Å². The summed E-state index contributed by atoms with van der Waals surface area (Å²) in [7, 11) is 0. The van der Waals surface area contributed by atoms with Gasteiger partial charge in [-0.1, -0.05) is 20.3 Å². The Labute approximate surface area is 161 Å². The van der Waals surface area contributed by atoms with Crippen LogP contribution in [0, 0.1) is 11.8 Å². The van der Waals surface area contributed by atoms with Crippen LogP contribution in [-0.2, 0) is 4.74 Å². The predicted molar refractivity (Wildman–Crippen MR) is 111 cm³/mol. The summed E-state index contributed by atoms with van der Waals surface area (Å²) in [4.78, 5) is 10.1. The lowest BCUT2D eigenvalue weighted by Gasteiger charge is -2.29. The van der Waals surface area contributed by atoms with Crippen LogP contribution in [-0.4, -0.2) is 74.3 Å². The first-order valence-electron chi connectivity index (χ1n) is 11.0. The average molecular weight is 367 g/mol. The second kappa shape index (κ2) is 11.8. The zero-order valence-corrected chi connectivity index (χ0v) is 17.7. The summed E-state index contributed by atoms with van der Waals surface area (Å²) in [6.07, 6.45) is 6.82. The maximum atomic E-state index is 5.86. The summed E-state index contributed by atoms with van der Waals surface area (Å²) < 4.78 is 5.86. The Kier molecular flexibility index (Phi) is 9.76. The van der Waals surface area contributed by atoms with Crippen LogP contribution in [0.2, 0.25) is 0 Å². The minimum absolute atomic E-state index is 0.317. The summed E-state index contributed by atoms with van der Waals surface area (Å²) in [5, 5.41) is 3.51. The molecule has 0 aromatic heterocycles. The molecule has 5 heteroatoms. The van der Waals surface area contributed by atoms with Gasteiger partial charge in [-0.05, 0) is 64.5 Å². The normalized spacial score (nSPS) is 23.7. The van der Waals surface area contributed by atoms with E-state index in [1.807, 2.05) is 0 Å². The molecule has 2 aliphatic heterocycles. The number of ether oxygens (including phenoxy) is 1. The molecule has 2 aliphatic rings. The molecule has 0 saturated carbocycles. The van der Waals surface area contributed by atoms with Crippen molar-refractivity contribution in [2.75, 3.05) is 52.4 Å². The van der Waals surface area contributed by atoms with Gasteiger partial charge in [0.25, 0.3) is 0 Å².